The molecule has 0 fully saturated rings. The van der Waals surface area contributed by atoms with Crippen LogP contribution in [0.4, 0.5) is 10.1 Å². The fourth-order valence-corrected chi connectivity index (χ4v) is 2.45. The number of benzene rings is 1. The van der Waals surface area contributed by atoms with Gasteiger partial charge in [-0.2, -0.15) is 0 Å². The van der Waals surface area contributed by atoms with Crippen LogP contribution in [0.1, 0.15) is 44.2 Å². The molecule has 108 valence electrons. The van der Waals surface area contributed by atoms with Gasteiger partial charge in [0.25, 0.3) is 0 Å². The van der Waals surface area contributed by atoms with E-state index < -0.39 is 0 Å². The van der Waals surface area contributed by atoms with Gasteiger partial charge >= 0.3 is 0 Å². The highest BCUT2D eigenvalue weighted by atomic mass is 31.1. The Morgan fingerprint density at radius 2 is 2.16 bits per heavy atom. The summed E-state index contributed by atoms with van der Waals surface area (Å²) in [7, 11) is 0.0938. The van der Waals surface area contributed by atoms with Crippen molar-refractivity contribution < 1.29 is 14.3 Å². The fourth-order valence-electron chi connectivity index (χ4n) is 2.04. The van der Waals surface area contributed by atoms with Crippen molar-refractivity contribution in [3.05, 3.63) is 29.1 Å². The highest BCUT2D eigenvalue weighted by Crippen LogP contribution is 2.26. The standard InChI is InChI=1S/C14H23FNO2P/c1-4-11-8-14(16-6-5-7-19-18-17)13(15)9-12(11)10(2)3/h8-10,16-17,19H,4-7H2,1-3H3. The zero-order valence-electron chi connectivity index (χ0n) is 11.8. The van der Waals surface area contributed by atoms with E-state index in [4.69, 9.17) is 5.26 Å². The van der Waals surface area contributed by atoms with E-state index in [0.717, 1.165) is 24.6 Å². The van der Waals surface area contributed by atoms with Crippen molar-refractivity contribution in [2.45, 2.75) is 39.5 Å². The molecule has 0 aliphatic rings. The lowest BCUT2D eigenvalue weighted by Crippen LogP contribution is -2.06. The molecule has 2 N–H and O–H groups in total. The third-order valence-corrected chi connectivity index (χ3v) is 3.75. The number of nitrogens with one attached hydrogen (secondary N) is 1. The van der Waals surface area contributed by atoms with Crippen molar-refractivity contribution in [3.8, 4) is 0 Å². The predicted molar refractivity (Wildman–Crippen MR) is 79.9 cm³/mol. The van der Waals surface area contributed by atoms with Gasteiger partial charge in [-0.05, 0) is 48.2 Å². The second kappa shape index (κ2) is 8.47. The van der Waals surface area contributed by atoms with Crippen LogP contribution >= 0.6 is 8.81 Å². The van der Waals surface area contributed by atoms with Gasteiger partial charge in [-0.25, -0.2) is 14.3 Å². The lowest BCUT2D eigenvalue weighted by atomic mass is 9.95. The molecule has 1 atom stereocenters. The number of hydrogen-bond acceptors (Lipinski definition) is 3. The molecule has 1 rings (SSSR count). The predicted octanol–water partition coefficient (Wildman–Crippen LogP) is 4.40. The average molecular weight is 287 g/mol. The number of halogens is 1. The van der Waals surface area contributed by atoms with Gasteiger partial charge in [-0.1, -0.05) is 20.8 Å². The number of hydrogen-bond donors (Lipinski definition) is 2. The van der Waals surface area contributed by atoms with Gasteiger partial charge in [0.05, 0.1) is 14.5 Å². The van der Waals surface area contributed by atoms with Crippen LogP contribution in [0.15, 0.2) is 12.1 Å². The minimum absolute atomic E-state index is 0.0938. The number of aryl methyl sites for hydroxylation is 1. The molecular weight excluding hydrogens is 264 g/mol. The summed E-state index contributed by atoms with van der Waals surface area (Å²) in [6.07, 6.45) is 2.52. The topological polar surface area (TPSA) is 41.5 Å². The first-order chi connectivity index (χ1) is 9.10. The van der Waals surface area contributed by atoms with E-state index in [2.05, 4.69) is 30.8 Å². The summed E-state index contributed by atoms with van der Waals surface area (Å²) in [6, 6.07) is 3.56. The molecule has 1 aromatic rings. The summed E-state index contributed by atoms with van der Waals surface area (Å²) in [5, 5.41) is 11.3. The smallest absolute Gasteiger partial charge is 0.146 e. The first-order valence-corrected chi connectivity index (χ1v) is 7.81. The van der Waals surface area contributed by atoms with E-state index >= 15 is 0 Å². The molecule has 1 aromatic carbocycles. The zero-order chi connectivity index (χ0) is 14.3. The Labute approximate surface area is 116 Å². The maximum atomic E-state index is 14.0. The van der Waals surface area contributed by atoms with E-state index in [0.29, 0.717) is 18.2 Å². The molecule has 19 heavy (non-hydrogen) atoms. The highest BCUT2D eigenvalue weighted by Gasteiger charge is 2.11. The lowest BCUT2D eigenvalue weighted by Gasteiger charge is -2.15. The molecule has 0 heterocycles. The van der Waals surface area contributed by atoms with Crippen molar-refractivity contribution >= 4 is 14.5 Å². The Hall–Kier alpha value is -0.700. The van der Waals surface area contributed by atoms with Gasteiger partial charge in [0.2, 0.25) is 0 Å². The Morgan fingerprint density at radius 1 is 1.42 bits per heavy atom. The van der Waals surface area contributed by atoms with Crippen molar-refractivity contribution in [2.75, 3.05) is 18.0 Å². The molecule has 0 aliphatic heterocycles. The van der Waals surface area contributed by atoms with Gasteiger partial charge < -0.3 is 5.32 Å². The molecule has 0 bridgehead atoms. The van der Waals surface area contributed by atoms with Crippen molar-refractivity contribution in [1.29, 1.82) is 0 Å². The van der Waals surface area contributed by atoms with E-state index in [1.54, 1.807) is 6.07 Å². The molecule has 0 saturated heterocycles. The normalized spacial score (nSPS) is 11.7. The molecular formula is C14H23FNO2P. The van der Waals surface area contributed by atoms with E-state index in [-0.39, 0.29) is 14.6 Å². The summed E-state index contributed by atoms with van der Waals surface area (Å²) in [6.45, 7) is 6.92. The van der Waals surface area contributed by atoms with Crippen LogP contribution in [0.3, 0.4) is 0 Å². The van der Waals surface area contributed by atoms with Crippen molar-refractivity contribution in [1.82, 2.24) is 0 Å². The second-order valence-electron chi connectivity index (χ2n) is 4.81. The minimum Gasteiger partial charge on any atom is -0.383 e. The van der Waals surface area contributed by atoms with Crippen LogP contribution in [-0.4, -0.2) is 18.0 Å². The van der Waals surface area contributed by atoms with Crippen LogP contribution in [0.25, 0.3) is 0 Å². The van der Waals surface area contributed by atoms with E-state index in [1.807, 2.05) is 6.07 Å². The average Bonchev–Trinajstić information content (AvgIpc) is 2.39. The van der Waals surface area contributed by atoms with Gasteiger partial charge in [0, 0.05) is 6.54 Å². The quantitative estimate of drug-likeness (QED) is 0.322. The van der Waals surface area contributed by atoms with Gasteiger partial charge in [-0.3, -0.25) is 0 Å². The van der Waals surface area contributed by atoms with Crippen LogP contribution in [0.2, 0.25) is 0 Å². The second-order valence-corrected chi connectivity index (χ2v) is 5.78. The Kier molecular flexibility index (Phi) is 7.29. The number of rotatable bonds is 8. The van der Waals surface area contributed by atoms with Crippen LogP contribution in [-0.2, 0) is 11.1 Å². The Balaban J connectivity index is 2.68. The largest absolute Gasteiger partial charge is 0.383 e. The fraction of sp³-hybridized carbons (Fsp3) is 0.571. The Bertz CT molecular complexity index is 399. The molecule has 5 heteroatoms. The number of anilines is 1. The van der Waals surface area contributed by atoms with Gasteiger partial charge in [0.15, 0.2) is 0 Å². The van der Waals surface area contributed by atoms with Gasteiger partial charge in [0.1, 0.15) is 5.82 Å². The molecule has 0 radical (unpaired) electrons. The molecule has 3 nitrogen and oxygen atoms in total. The van der Waals surface area contributed by atoms with E-state index in [1.165, 1.54) is 5.56 Å². The molecule has 1 unspecified atom stereocenters. The van der Waals surface area contributed by atoms with Crippen LogP contribution in [0, 0.1) is 5.82 Å². The Morgan fingerprint density at radius 3 is 2.74 bits per heavy atom. The third-order valence-electron chi connectivity index (χ3n) is 3.07. The minimum atomic E-state index is -0.193. The molecule has 0 spiro atoms. The summed E-state index contributed by atoms with van der Waals surface area (Å²) in [4.78, 5) is 0. The maximum Gasteiger partial charge on any atom is 0.146 e. The van der Waals surface area contributed by atoms with Gasteiger partial charge in [-0.15, -0.1) is 0 Å². The molecule has 0 saturated carbocycles. The highest BCUT2D eigenvalue weighted by molar-refractivity contribution is 7.32. The van der Waals surface area contributed by atoms with Crippen molar-refractivity contribution in [3.63, 3.8) is 0 Å². The summed E-state index contributed by atoms with van der Waals surface area (Å²) in [5.41, 5.74) is 2.84. The van der Waals surface area contributed by atoms with Crippen LogP contribution in [0.5, 0.6) is 0 Å². The molecule has 0 aromatic heterocycles. The first-order valence-electron chi connectivity index (χ1n) is 6.69. The van der Waals surface area contributed by atoms with E-state index in [9.17, 15) is 4.39 Å². The van der Waals surface area contributed by atoms with Crippen molar-refractivity contribution in [2.24, 2.45) is 0 Å². The van der Waals surface area contributed by atoms with Crippen LogP contribution < -0.4 is 5.32 Å². The summed E-state index contributed by atoms with van der Waals surface area (Å²) in [5.74, 6) is 0.142. The third kappa shape index (κ3) is 5.06. The summed E-state index contributed by atoms with van der Waals surface area (Å²) < 4.78 is 18.0. The molecule has 0 aliphatic carbocycles. The summed E-state index contributed by atoms with van der Waals surface area (Å²) >= 11 is 0. The zero-order valence-corrected chi connectivity index (χ0v) is 12.8. The first kappa shape index (κ1) is 16.4. The SMILES string of the molecule is CCc1cc(NCCCPOO)c(F)cc1C(C)C. The monoisotopic (exact) mass is 287 g/mol. The maximum absolute atomic E-state index is 14.0. The lowest BCUT2D eigenvalue weighted by molar-refractivity contribution is -0.122. The molecule has 0 amide bonds.